The minimum atomic E-state index is -0.647. The summed E-state index contributed by atoms with van der Waals surface area (Å²) in [7, 11) is 0. The zero-order valence-corrected chi connectivity index (χ0v) is 19.4. The third-order valence-electron chi connectivity index (χ3n) is 4.87. The lowest BCUT2D eigenvalue weighted by Crippen LogP contribution is -2.24. The van der Waals surface area contributed by atoms with Crippen LogP contribution in [0.1, 0.15) is 31.2 Å². The second-order valence-electron chi connectivity index (χ2n) is 7.31. The number of benzene rings is 1. The fourth-order valence-corrected chi connectivity index (χ4v) is 3.42. The van der Waals surface area contributed by atoms with Crippen LogP contribution >= 0.6 is 11.6 Å². The van der Waals surface area contributed by atoms with Gasteiger partial charge in [0, 0.05) is 6.42 Å². The van der Waals surface area contributed by atoms with E-state index in [1.165, 1.54) is 22.9 Å². The van der Waals surface area contributed by atoms with E-state index in [1.54, 1.807) is 18.2 Å². The third-order valence-corrected chi connectivity index (χ3v) is 5.24. The predicted molar refractivity (Wildman–Crippen MR) is 133 cm³/mol. The van der Waals surface area contributed by atoms with E-state index in [2.05, 4.69) is 26.9 Å². The highest BCUT2D eigenvalue weighted by atomic mass is 35.5. The average molecular weight is 497 g/mol. The molecule has 0 fully saturated rings. The second-order valence-corrected chi connectivity index (χ2v) is 7.69. The first kappa shape index (κ1) is 25.1. The van der Waals surface area contributed by atoms with E-state index in [0.717, 1.165) is 12.8 Å². The highest BCUT2D eigenvalue weighted by molar-refractivity contribution is 6.35. The Morgan fingerprint density at radius 3 is 2.34 bits per heavy atom. The molecule has 1 aromatic carbocycles. The van der Waals surface area contributed by atoms with Crippen molar-refractivity contribution in [2.75, 3.05) is 22.9 Å². The number of nitrogens with zero attached hydrogens (tertiary/aromatic N) is 6. The highest BCUT2D eigenvalue weighted by Gasteiger charge is 2.17. The molecule has 0 aliphatic carbocycles. The van der Waals surface area contributed by atoms with Gasteiger partial charge >= 0.3 is 0 Å². The first-order chi connectivity index (χ1) is 16.7. The molecular formula is C22H22ClFN10O. The Morgan fingerprint density at radius 2 is 1.77 bits per heavy atom. The minimum Gasteiger partial charge on any atom is -0.384 e. The van der Waals surface area contributed by atoms with Gasteiger partial charge < -0.3 is 22.9 Å². The van der Waals surface area contributed by atoms with Crippen LogP contribution in [0.4, 0.5) is 27.8 Å². The molecule has 3 heterocycles. The Labute approximate surface area is 204 Å². The number of nitriles is 1. The van der Waals surface area contributed by atoms with Crippen LogP contribution < -0.4 is 28.5 Å². The zero-order valence-electron chi connectivity index (χ0n) is 18.7. The summed E-state index contributed by atoms with van der Waals surface area (Å²) in [6.07, 6.45) is 3.93. The van der Waals surface area contributed by atoms with Crippen molar-refractivity contribution in [3.63, 3.8) is 0 Å². The number of unbranched alkanes of at least 4 members (excludes halogenated alkanes) is 1. The molecule has 8 N–H and O–H groups in total. The number of anilines is 4. The molecule has 4 aromatic rings. The van der Waals surface area contributed by atoms with Crippen LogP contribution in [0.25, 0.3) is 16.6 Å². The Hall–Kier alpha value is -4.50. The van der Waals surface area contributed by atoms with Gasteiger partial charge in [0.05, 0.1) is 27.8 Å². The van der Waals surface area contributed by atoms with Gasteiger partial charge in [-0.2, -0.15) is 15.2 Å². The summed E-state index contributed by atoms with van der Waals surface area (Å²) in [4.78, 5) is 28.6. The highest BCUT2D eigenvalue weighted by Crippen LogP contribution is 2.24. The van der Waals surface area contributed by atoms with Gasteiger partial charge in [-0.3, -0.25) is 9.36 Å². The normalized spacial score (nSPS) is 10.5. The summed E-state index contributed by atoms with van der Waals surface area (Å²) in [5, 5.41) is 8.30. The Morgan fingerprint density at radius 1 is 1.09 bits per heavy atom. The number of rotatable bonds is 4. The molecule has 180 valence electrons. The number of aryl methyl sites for hydroxylation is 1. The predicted octanol–water partition coefficient (Wildman–Crippen LogP) is 2.59. The van der Waals surface area contributed by atoms with Crippen LogP contribution in [-0.4, -0.2) is 24.5 Å². The number of pyridine rings is 1. The molecule has 0 radical (unpaired) electrons. The van der Waals surface area contributed by atoms with E-state index in [0.29, 0.717) is 29.3 Å². The number of hydrogen-bond acceptors (Lipinski definition) is 10. The fraction of sp³-hybridized carbons (Fsp3) is 0.182. The smallest absolute Gasteiger partial charge is 0.267 e. The molecule has 0 amide bonds. The lowest BCUT2D eigenvalue weighted by Gasteiger charge is -2.14. The van der Waals surface area contributed by atoms with Crippen LogP contribution in [0.2, 0.25) is 5.02 Å². The standard InChI is InChI=1S/C17H16ClFN4O.C5H6N6/c1-2-3-4-14-22-12-7-6-11(19)16(18)15(12)17(24)23(14)10-5-8-13(20)21-9-10;6-1-2-3(7)10-5(9)11-4(2)8/h5-9H,2-4H2,1H3,(H2,20,21);(H6,7,8,9,10,11). The summed E-state index contributed by atoms with van der Waals surface area (Å²) in [5.41, 5.74) is 22.0. The van der Waals surface area contributed by atoms with Crippen LogP contribution in [0.5, 0.6) is 0 Å². The first-order valence-electron chi connectivity index (χ1n) is 10.4. The SMILES string of the molecule is CCCCc1nc2ccc(F)c(Cl)c2c(=O)n1-c1ccc(N)nc1.N#Cc1c(N)nc(N)nc1N. The Bertz CT molecular complexity index is 1460. The summed E-state index contributed by atoms with van der Waals surface area (Å²) in [5.74, 6) is 0.281. The Balaban J connectivity index is 0.000000261. The fourth-order valence-electron chi connectivity index (χ4n) is 3.18. The molecule has 0 bridgehead atoms. The van der Waals surface area contributed by atoms with Crippen LogP contribution in [0, 0.1) is 17.1 Å². The topological polar surface area (TPSA) is 201 Å². The van der Waals surface area contributed by atoms with E-state index in [4.69, 9.17) is 39.8 Å². The molecule has 4 rings (SSSR count). The first-order valence-corrected chi connectivity index (χ1v) is 10.8. The molecule has 0 aliphatic rings. The molecular weight excluding hydrogens is 475 g/mol. The van der Waals surface area contributed by atoms with Crippen molar-refractivity contribution in [1.82, 2.24) is 24.5 Å². The molecule has 0 unspecified atom stereocenters. The molecule has 13 heteroatoms. The quantitative estimate of drug-likeness (QED) is 0.325. The summed E-state index contributed by atoms with van der Waals surface area (Å²) in [6.45, 7) is 2.06. The maximum absolute atomic E-state index is 13.8. The number of hydrogen-bond donors (Lipinski definition) is 4. The number of aromatic nitrogens is 5. The summed E-state index contributed by atoms with van der Waals surface area (Å²) in [6, 6.07) is 7.73. The molecule has 11 nitrogen and oxygen atoms in total. The van der Waals surface area contributed by atoms with Crippen molar-refractivity contribution in [1.29, 1.82) is 5.26 Å². The molecule has 35 heavy (non-hydrogen) atoms. The minimum absolute atomic E-state index is 0.0116. The van der Waals surface area contributed by atoms with Gasteiger partial charge in [-0.15, -0.1) is 0 Å². The number of nitrogens with two attached hydrogens (primary N) is 4. The van der Waals surface area contributed by atoms with Gasteiger partial charge in [0.25, 0.3) is 5.56 Å². The maximum atomic E-state index is 13.8. The molecule has 0 spiro atoms. The van der Waals surface area contributed by atoms with E-state index in [9.17, 15) is 9.18 Å². The van der Waals surface area contributed by atoms with Gasteiger partial charge in [0.2, 0.25) is 5.95 Å². The van der Waals surface area contributed by atoms with Crippen molar-refractivity contribution in [2.24, 2.45) is 0 Å². The van der Waals surface area contributed by atoms with E-state index in [1.807, 2.05) is 0 Å². The van der Waals surface area contributed by atoms with Gasteiger partial charge in [0.1, 0.15) is 40.7 Å². The van der Waals surface area contributed by atoms with Crippen LogP contribution in [-0.2, 0) is 6.42 Å². The molecule has 0 atom stereocenters. The largest absolute Gasteiger partial charge is 0.384 e. The van der Waals surface area contributed by atoms with Crippen molar-refractivity contribution in [3.8, 4) is 11.8 Å². The number of halogens is 2. The zero-order chi connectivity index (χ0) is 25.7. The number of fused-ring (bicyclic) bond motifs is 1. The van der Waals surface area contributed by atoms with Crippen molar-refractivity contribution >= 4 is 45.9 Å². The average Bonchev–Trinajstić information content (AvgIpc) is 2.81. The van der Waals surface area contributed by atoms with Crippen LogP contribution in [0.3, 0.4) is 0 Å². The van der Waals surface area contributed by atoms with Gasteiger partial charge in [-0.25, -0.2) is 14.4 Å². The second kappa shape index (κ2) is 10.6. The lowest BCUT2D eigenvalue weighted by molar-refractivity contribution is 0.629. The Kier molecular flexibility index (Phi) is 7.62. The van der Waals surface area contributed by atoms with Crippen molar-refractivity contribution in [3.05, 3.63) is 63.0 Å². The van der Waals surface area contributed by atoms with Crippen molar-refractivity contribution < 1.29 is 4.39 Å². The molecule has 0 saturated carbocycles. The maximum Gasteiger partial charge on any atom is 0.267 e. The monoisotopic (exact) mass is 496 g/mol. The number of nitrogen functional groups attached to an aromatic ring is 4. The van der Waals surface area contributed by atoms with E-state index in [-0.39, 0.29) is 33.6 Å². The van der Waals surface area contributed by atoms with Gasteiger partial charge in [0.15, 0.2) is 0 Å². The van der Waals surface area contributed by atoms with E-state index >= 15 is 0 Å². The summed E-state index contributed by atoms with van der Waals surface area (Å²) < 4.78 is 15.2. The van der Waals surface area contributed by atoms with Gasteiger partial charge in [-0.1, -0.05) is 24.9 Å². The van der Waals surface area contributed by atoms with E-state index < -0.39 is 11.4 Å². The van der Waals surface area contributed by atoms with Gasteiger partial charge in [-0.05, 0) is 30.7 Å². The van der Waals surface area contributed by atoms with Crippen molar-refractivity contribution in [2.45, 2.75) is 26.2 Å². The molecule has 3 aromatic heterocycles. The lowest BCUT2D eigenvalue weighted by atomic mass is 10.2. The summed E-state index contributed by atoms with van der Waals surface area (Å²) >= 11 is 6.01. The molecule has 0 aliphatic heterocycles. The van der Waals surface area contributed by atoms with Crippen LogP contribution in [0.15, 0.2) is 35.3 Å². The molecule has 0 saturated heterocycles. The third kappa shape index (κ3) is 5.36.